The number of halogens is 3. The first-order valence-corrected chi connectivity index (χ1v) is 10.8. The van der Waals surface area contributed by atoms with Crippen LogP contribution in [0.1, 0.15) is 76.5 Å². The molecule has 2 aromatic carbocycles. The van der Waals surface area contributed by atoms with Crippen LogP contribution in [0.25, 0.3) is 10.8 Å². The zero-order valence-electron chi connectivity index (χ0n) is 18.0. The van der Waals surface area contributed by atoms with Gasteiger partial charge in [0.25, 0.3) is 0 Å². The quantitative estimate of drug-likeness (QED) is 0.496. The molecule has 1 saturated heterocycles. The molecule has 30 heavy (non-hydrogen) atoms. The van der Waals surface area contributed by atoms with Crippen molar-refractivity contribution in [1.29, 1.82) is 0 Å². The maximum atomic E-state index is 14.3. The van der Waals surface area contributed by atoms with Gasteiger partial charge in [-0.15, -0.1) is 0 Å². The number of hydrogen-bond donors (Lipinski definition) is 1. The number of hydrogen-bond acceptors (Lipinski definition) is 2. The van der Waals surface area contributed by atoms with E-state index in [1.54, 1.807) is 32.0 Å². The summed E-state index contributed by atoms with van der Waals surface area (Å²) in [5.41, 5.74) is 2.79. The van der Waals surface area contributed by atoms with Crippen molar-refractivity contribution in [3.8, 4) is 0 Å². The topological polar surface area (TPSA) is 32.3 Å². The molecule has 0 aromatic heterocycles. The molecule has 1 unspecified atom stereocenters. The van der Waals surface area contributed by atoms with Gasteiger partial charge in [0.2, 0.25) is 5.91 Å². The Kier molecular flexibility index (Phi) is 6.75. The highest BCUT2D eigenvalue weighted by atomic mass is 19.4. The lowest BCUT2D eigenvalue weighted by Gasteiger charge is -2.38. The second-order valence-electron chi connectivity index (χ2n) is 8.86. The van der Waals surface area contributed by atoms with Crippen LogP contribution in [-0.2, 0) is 11.2 Å². The van der Waals surface area contributed by atoms with E-state index in [0.717, 1.165) is 35.2 Å². The van der Waals surface area contributed by atoms with Crippen LogP contribution in [0.2, 0.25) is 0 Å². The molecule has 3 rings (SSSR count). The minimum atomic E-state index is -4.53. The highest BCUT2D eigenvalue weighted by molar-refractivity contribution is 5.89. The number of unbranched alkanes of at least 4 members (excludes halogenated alkanes) is 4. The normalized spacial score (nSPS) is 18.0. The number of nitrogens with zero attached hydrogens (tertiary/aromatic N) is 1. The van der Waals surface area contributed by atoms with E-state index >= 15 is 0 Å². The molecule has 3 nitrogen and oxygen atoms in total. The van der Waals surface area contributed by atoms with Crippen LogP contribution in [0.4, 0.5) is 13.2 Å². The lowest BCUT2D eigenvalue weighted by molar-refractivity contribution is -0.203. The van der Waals surface area contributed by atoms with Crippen LogP contribution in [0.3, 0.4) is 0 Å². The third-order valence-electron chi connectivity index (χ3n) is 5.95. The minimum absolute atomic E-state index is 0.0351. The van der Waals surface area contributed by atoms with Crippen molar-refractivity contribution in [3.05, 3.63) is 47.5 Å². The molecule has 1 heterocycles. The summed E-state index contributed by atoms with van der Waals surface area (Å²) >= 11 is 0. The van der Waals surface area contributed by atoms with Gasteiger partial charge in [-0.25, -0.2) is 0 Å². The Morgan fingerprint density at radius 3 is 2.30 bits per heavy atom. The molecule has 1 aliphatic heterocycles. The summed E-state index contributed by atoms with van der Waals surface area (Å²) in [6.45, 7) is 5.50. The molecule has 6 heteroatoms. The molecule has 1 atom stereocenters. The van der Waals surface area contributed by atoms with Crippen molar-refractivity contribution in [2.45, 2.75) is 83.5 Å². The Labute approximate surface area is 176 Å². The summed E-state index contributed by atoms with van der Waals surface area (Å²) in [5.74, 6) is -0.387. The van der Waals surface area contributed by atoms with Gasteiger partial charge < -0.3 is 0 Å². The summed E-state index contributed by atoms with van der Waals surface area (Å²) in [6.07, 6.45) is 2.10. The van der Waals surface area contributed by atoms with Crippen LogP contribution in [0.5, 0.6) is 0 Å². The van der Waals surface area contributed by atoms with Gasteiger partial charge in [-0.1, -0.05) is 69.0 Å². The van der Waals surface area contributed by atoms with Gasteiger partial charge in [-0.3, -0.25) is 10.2 Å². The van der Waals surface area contributed by atoms with Crippen LogP contribution in [-0.4, -0.2) is 22.6 Å². The molecule has 0 radical (unpaired) electrons. The number of alkyl halides is 3. The summed E-state index contributed by atoms with van der Waals surface area (Å²) < 4.78 is 42.9. The summed E-state index contributed by atoms with van der Waals surface area (Å²) in [6, 6.07) is 8.84. The van der Waals surface area contributed by atoms with Crippen molar-refractivity contribution >= 4 is 16.7 Å². The molecule has 0 spiro atoms. The van der Waals surface area contributed by atoms with Gasteiger partial charge in [0.15, 0.2) is 6.04 Å². The predicted molar refractivity (Wildman–Crippen MR) is 114 cm³/mol. The van der Waals surface area contributed by atoms with Crippen LogP contribution in [0.15, 0.2) is 36.4 Å². The highest BCUT2D eigenvalue weighted by Crippen LogP contribution is 2.45. The van der Waals surface area contributed by atoms with Crippen LogP contribution < -0.4 is 5.43 Å². The summed E-state index contributed by atoms with van der Waals surface area (Å²) in [5, 5.41) is 2.55. The number of fused-ring (bicyclic) bond motifs is 1. The Balaban J connectivity index is 1.99. The fraction of sp³-hybridized carbons (Fsp3) is 0.542. The van der Waals surface area contributed by atoms with E-state index in [2.05, 4.69) is 12.3 Å². The second kappa shape index (κ2) is 8.96. The molecular weight excluding hydrogens is 389 g/mol. The number of benzene rings is 2. The van der Waals surface area contributed by atoms with Crippen molar-refractivity contribution in [2.24, 2.45) is 0 Å². The molecule has 0 saturated carbocycles. The van der Waals surface area contributed by atoms with Gasteiger partial charge in [0, 0.05) is 12.0 Å². The molecule has 1 aliphatic rings. The monoisotopic (exact) mass is 420 g/mol. The SMILES string of the molecule is CCCCCCCc1ccc(C(N2NC(=O)CC2(C)C)C(F)(F)F)c2ccccc12. The standard InChI is InChI=1S/C24H31F3N2O/c1-4-5-6-7-8-11-17-14-15-20(19-13-10-9-12-18(17)19)22(24(25,26)27)29-23(2,3)16-21(30)28-29/h9-10,12-15,22H,4-8,11,16H2,1-3H3,(H,28,30). The number of amides is 1. The molecule has 0 bridgehead atoms. The smallest absolute Gasteiger partial charge is 0.287 e. The molecule has 164 valence electrons. The number of rotatable bonds is 8. The van der Waals surface area contributed by atoms with Gasteiger partial charge in [-0.2, -0.15) is 18.2 Å². The van der Waals surface area contributed by atoms with E-state index in [-0.39, 0.29) is 17.9 Å². The third-order valence-corrected chi connectivity index (χ3v) is 5.95. The average molecular weight is 421 g/mol. The number of nitrogens with one attached hydrogen (secondary N) is 1. The molecule has 2 aromatic rings. The zero-order valence-corrected chi connectivity index (χ0v) is 18.0. The number of carbonyl (C=O) groups is 1. The second-order valence-corrected chi connectivity index (χ2v) is 8.86. The van der Waals surface area contributed by atoms with Crippen molar-refractivity contribution < 1.29 is 18.0 Å². The van der Waals surface area contributed by atoms with Gasteiger partial charge in [-0.05, 0) is 48.6 Å². The first-order valence-electron chi connectivity index (χ1n) is 10.8. The molecule has 0 aliphatic carbocycles. The van der Waals surface area contributed by atoms with Gasteiger partial charge in [0.05, 0.1) is 0 Å². The maximum Gasteiger partial charge on any atom is 0.409 e. The first-order chi connectivity index (χ1) is 14.1. The van der Waals surface area contributed by atoms with Crippen molar-refractivity contribution in [3.63, 3.8) is 0 Å². The number of carbonyl (C=O) groups excluding carboxylic acids is 1. The lowest BCUT2D eigenvalue weighted by atomic mass is 9.90. The minimum Gasteiger partial charge on any atom is -0.287 e. The van der Waals surface area contributed by atoms with E-state index in [1.807, 2.05) is 18.2 Å². The number of hydrazine groups is 1. The van der Waals surface area contributed by atoms with Crippen LogP contribution >= 0.6 is 0 Å². The summed E-state index contributed by atoms with van der Waals surface area (Å²) in [4.78, 5) is 11.9. The Morgan fingerprint density at radius 1 is 1.03 bits per heavy atom. The summed E-state index contributed by atoms with van der Waals surface area (Å²) in [7, 11) is 0. The van der Waals surface area contributed by atoms with E-state index in [1.165, 1.54) is 19.3 Å². The van der Waals surface area contributed by atoms with E-state index in [9.17, 15) is 18.0 Å². The van der Waals surface area contributed by atoms with Crippen molar-refractivity contribution in [2.75, 3.05) is 0 Å². The predicted octanol–water partition coefficient (Wildman–Crippen LogP) is 6.47. The highest BCUT2D eigenvalue weighted by Gasteiger charge is 2.53. The van der Waals surface area contributed by atoms with E-state index < -0.39 is 17.8 Å². The third kappa shape index (κ3) is 4.80. The van der Waals surface area contributed by atoms with E-state index in [4.69, 9.17) is 0 Å². The zero-order chi connectivity index (χ0) is 21.9. The average Bonchev–Trinajstić information content (AvgIpc) is 2.93. The molecule has 1 fully saturated rings. The number of aryl methyl sites for hydroxylation is 1. The largest absolute Gasteiger partial charge is 0.409 e. The van der Waals surface area contributed by atoms with Gasteiger partial charge >= 0.3 is 6.18 Å². The lowest BCUT2D eigenvalue weighted by Crippen LogP contribution is -2.51. The first kappa shape index (κ1) is 22.6. The van der Waals surface area contributed by atoms with E-state index in [0.29, 0.717) is 5.39 Å². The molecular formula is C24H31F3N2O. The fourth-order valence-corrected chi connectivity index (χ4v) is 4.44. The molecule has 1 N–H and O–H groups in total. The van der Waals surface area contributed by atoms with Crippen molar-refractivity contribution in [1.82, 2.24) is 10.4 Å². The Bertz CT molecular complexity index is 892. The fourth-order valence-electron chi connectivity index (χ4n) is 4.44. The maximum absolute atomic E-state index is 14.3. The Hall–Kier alpha value is -2.08. The van der Waals surface area contributed by atoms with Gasteiger partial charge in [0.1, 0.15) is 0 Å². The van der Waals surface area contributed by atoms with Crippen LogP contribution in [0, 0.1) is 0 Å². The molecule has 1 amide bonds. The Morgan fingerprint density at radius 2 is 1.70 bits per heavy atom.